The zero-order chi connectivity index (χ0) is 26.3. The Hall–Kier alpha value is -3.08. The number of nitrogens with one attached hydrogen (secondary N) is 1. The summed E-state index contributed by atoms with van der Waals surface area (Å²) in [5.41, 5.74) is 0.550. The van der Waals surface area contributed by atoms with Crippen molar-refractivity contribution in [3.8, 4) is 0 Å². The van der Waals surface area contributed by atoms with E-state index < -0.39 is 27.8 Å². The Bertz CT molecular complexity index is 1330. The Labute approximate surface area is 213 Å². The van der Waals surface area contributed by atoms with E-state index in [0.717, 1.165) is 34.2 Å². The zero-order valence-corrected chi connectivity index (χ0v) is 21.0. The quantitative estimate of drug-likeness (QED) is 0.348. The number of hydrogen-bond donors (Lipinski definition) is 1. The molecule has 2 unspecified atom stereocenters. The van der Waals surface area contributed by atoms with E-state index in [0.29, 0.717) is 10.6 Å². The average Bonchev–Trinajstić information content (AvgIpc) is 3.25. The molecule has 1 N–H and O–H groups in total. The third-order valence-corrected chi connectivity index (χ3v) is 8.10. The van der Waals surface area contributed by atoms with Gasteiger partial charge >= 0.3 is 6.18 Å². The number of hydrazine groups is 1. The van der Waals surface area contributed by atoms with Gasteiger partial charge in [0.15, 0.2) is 0 Å². The lowest BCUT2D eigenvalue weighted by Crippen LogP contribution is -2.49. The standard InChI is InChI=1S/C25H24ClF3N4O2S/c1-31(2)24(30)32-16-22(17-6-4-3-5-7-17)23(18-8-12-20(26)13-9-18)33(32)36(34,35)21-14-10-19(11-15-21)25(27,28)29/h3-15,22-23,30H,16H2,1-2H3. The summed E-state index contributed by atoms with van der Waals surface area (Å²) in [6.07, 6.45) is -4.60. The van der Waals surface area contributed by atoms with Crippen LogP contribution in [0.3, 0.4) is 0 Å². The number of rotatable bonds is 4. The Morgan fingerprint density at radius 1 is 0.944 bits per heavy atom. The monoisotopic (exact) mass is 536 g/mol. The summed E-state index contributed by atoms with van der Waals surface area (Å²) in [4.78, 5) is 1.17. The fourth-order valence-electron chi connectivity index (χ4n) is 4.29. The highest BCUT2D eigenvalue weighted by molar-refractivity contribution is 7.89. The molecule has 11 heteroatoms. The minimum Gasteiger partial charge on any atom is -0.348 e. The summed E-state index contributed by atoms with van der Waals surface area (Å²) < 4.78 is 68.5. The van der Waals surface area contributed by atoms with Crippen LogP contribution in [-0.4, -0.2) is 49.3 Å². The minimum absolute atomic E-state index is 0.0807. The highest BCUT2D eigenvalue weighted by Crippen LogP contribution is 2.46. The molecule has 1 fully saturated rings. The Balaban J connectivity index is 1.90. The van der Waals surface area contributed by atoms with E-state index in [1.165, 1.54) is 9.91 Å². The molecule has 4 rings (SSSR count). The highest BCUT2D eigenvalue weighted by Gasteiger charge is 2.49. The third kappa shape index (κ3) is 4.93. The molecule has 0 aliphatic carbocycles. The van der Waals surface area contributed by atoms with E-state index in [-0.39, 0.29) is 23.3 Å². The highest BCUT2D eigenvalue weighted by atomic mass is 35.5. The number of benzene rings is 3. The molecule has 0 bridgehead atoms. The van der Waals surface area contributed by atoms with Gasteiger partial charge < -0.3 is 4.90 Å². The predicted octanol–water partition coefficient (Wildman–Crippen LogP) is 5.60. The smallest absolute Gasteiger partial charge is 0.348 e. The molecule has 0 saturated carbocycles. The van der Waals surface area contributed by atoms with Gasteiger partial charge in [-0.1, -0.05) is 58.5 Å². The minimum atomic E-state index is -4.60. The number of guanidine groups is 1. The maximum atomic E-state index is 14.0. The van der Waals surface area contributed by atoms with Crippen LogP contribution >= 0.6 is 11.6 Å². The molecule has 1 aliphatic rings. The molecule has 3 aromatic carbocycles. The summed E-state index contributed by atoms with van der Waals surface area (Å²) in [6, 6.07) is 18.7. The van der Waals surface area contributed by atoms with Crippen molar-refractivity contribution >= 4 is 27.6 Å². The van der Waals surface area contributed by atoms with Crippen LogP contribution in [0.1, 0.15) is 28.7 Å². The summed E-state index contributed by atoms with van der Waals surface area (Å²) in [5.74, 6) is -0.459. The van der Waals surface area contributed by atoms with Gasteiger partial charge in [-0.3, -0.25) is 10.4 Å². The predicted molar refractivity (Wildman–Crippen MR) is 132 cm³/mol. The van der Waals surface area contributed by atoms with Crippen LogP contribution in [-0.2, 0) is 16.2 Å². The van der Waals surface area contributed by atoms with Crippen molar-refractivity contribution < 1.29 is 21.6 Å². The molecule has 3 aromatic rings. The van der Waals surface area contributed by atoms with Crippen molar-refractivity contribution in [3.05, 3.63) is 101 Å². The fourth-order valence-corrected chi connectivity index (χ4v) is 6.09. The normalized spacial score (nSPS) is 18.9. The van der Waals surface area contributed by atoms with Crippen molar-refractivity contribution in [2.75, 3.05) is 20.6 Å². The number of halogens is 4. The Kier molecular flexibility index (Phi) is 7.05. The van der Waals surface area contributed by atoms with Crippen molar-refractivity contribution in [2.24, 2.45) is 0 Å². The number of alkyl halides is 3. The van der Waals surface area contributed by atoms with Gasteiger partial charge in [0, 0.05) is 31.6 Å². The lowest BCUT2D eigenvalue weighted by molar-refractivity contribution is -0.137. The van der Waals surface area contributed by atoms with E-state index in [1.807, 2.05) is 30.3 Å². The molecule has 0 amide bonds. The SMILES string of the molecule is CN(C)C(=N)N1CC(c2ccccc2)C(c2ccc(Cl)cc2)N1S(=O)(=O)c1ccc(C(F)(F)F)cc1. The van der Waals surface area contributed by atoms with E-state index in [2.05, 4.69) is 0 Å². The van der Waals surface area contributed by atoms with Crippen LogP contribution in [0.15, 0.2) is 83.8 Å². The van der Waals surface area contributed by atoms with Gasteiger partial charge in [-0.05, 0) is 47.5 Å². The topological polar surface area (TPSA) is 67.7 Å². The van der Waals surface area contributed by atoms with Crippen LogP contribution in [0, 0.1) is 5.41 Å². The van der Waals surface area contributed by atoms with Crippen molar-refractivity contribution in [3.63, 3.8) is 0 Å². The van der Waals surface area contributed by atoms with Crippen molar-refractivity contribution in [1.29, 1.82) is 5.41 Å². The summed E-state index contributed by atoms with van der Waals surface area (Å²) in [7, 11) is -1.14. The maximum absolute atomic E-state index is 14.0. The maximum Gasteiger partial charge on any atom is 0.416 e. The molecular weight excluding hydrogens is 513 g/mol. The second-order valence-electron chi connectivity index (χ2n) is 8.61. The first-order valence-corrected chi connectivity index (χ1v) is 12.8. The fraction of sp³-hybridized carbons (Fsp3) is 0.240. The Morgan fingerprint density at radius 2 is 1.53 bits per heavy atom. The van der Waals surface area contributed by atoms with E-state index in [9.17, 15) is 21.6 Å². The van der Waals surface area contributed by atoms with Crippen LogP contribution in [0.4, 0.5) is 13.2 Å². The van der Waals surface area contributed by atoms with Gasteiger partial charge in [-0.25, -0.2) is 8.42 Å². The molecule has 0 spiro atoms. The van der Waals surface area contributed by atoms with Crippen LogP contribution in [0.25, 0.3) is 0 Å². The van der Waals surface area contributed by atoms with Gasteiger partial charge in [0.25, 0.3) is 10.0 Å². The van der Waals surface area contributed by atoms with Gasteiger partial charge in [-0.15, -0.1) is 0 Å². The molecule has 1 saturated heterocycles. The molecule has 2 atom stereocenters. The van der Waals surface area contributed by atoms with E-state index in [1.54, 1.807) is 38.4 Å². The molecule has 0 aromatic heterocycles. The first kappa shape index (κ1) is 26.0. The Morgan fingerprint density at radius 3 is 2.06 bits per heavy atom. The number of nitrogens with zero attached hydrogens (tertiary/aromatic N) is 3. The molecular formula is C25H24ClF3N4O2S. The molecule has 6 nitrogen and oxygen atoms in total. The zero-order valence-electron chi connectivity index (χ0n) is 19.4. The van der Waals surface area contributed by atoms with Gasteiger partial charge in [0.2, 0.25) is 5.96 Å². The molecule has 0 radical (unpaired) electrons. The van der Waals surface area contributed by atoms with E-state index >= 15 is 0 Å². The second-order valence-corrected chi connectivity index (χ2v) is 10.8. The van der Waals surface area contributed by atoms with Crippen molar-refractivity contribution in [2.45, 2.75) is 23.0 Å². The third-order valence-electron chi connectivity index (χ3n) is 6.06. The average molecular weight is 537 g/mol. The van der Waals surface area contributed by atoms with Crippen LogP contribution in [0.2, 0.25) is 5.02 Å². The van der Waals surface area contributed by atoms with Crippen molar-refractivity contribution in [1.82, 2.24) is 14.3 Å². The summed E-state index contributed by atoms with van der Waals surface area (Å²) in [5, 5.41) is 10.5. The first-order valence-electron chi connectivity index (χ1n) is 11.0. The van der Waals surface area contributed by atoms with E-state index in [4.69, 9.17) is 17.0 Å². The lowest BCUT2D eigenvalue weighted by Gasteiger charge is -2.35. The number of hydrogen-bond acceptors (Lipinski definition) is 3. The van der Waals surface area contributed by atoms with Gasteiger partial charge in [0.05, 0.1) is 16.5 Å². The summed E-state index contributed by atoms with van der Waals surface area (Å²) in [6.45, 7) is 0.161. The van der Waals surface area contributed by atoms with Crippen LogP contribution in [0.5, 0.6) is 0 Å². The first-order chi connectivity index (χ1) is 16.9. The molecule has 1 aliphatic heterocycles. The lowest BCUT2D eigenvalue weighted by atomic mass is 9.89. The van der Waals surface area contributed by atoms with Gasteiger partial charge in [0.1, 0.15) is 0 Å². The molecule has 1 heterocycles. The van der Waals surface area contributed by atoms with Gasteiger partial charge in [-0.2, -0.15) is 13.2 Å². The molecule has 190 valence electrons. The largest absolute Gasteiger partial charge is 0.416 e. The second kappa shape index (κ2) is 9.76. The summed E-state index contributed by atoms with van der Waals surface area (Å²) >= 11 is 6.09. The number of sulfonamides is 1. The molecule has 36 heavy (non-hydrogen) atoms. The van der Waals surface area contributed by atoms with Crippen LogP contribution < -0.4 is 0 Å².